The molecule has 0 fully saturated rings. The minimum atomic E-state index is -0.531. The topological polar surface area (TPSA) is 47.3 Å². The fourth-order valence-electron chi connectivity index (χ4n) is 1.69. The summed E-state index contributed by atoms with van der Waals surface area (Å²) in [5, 5.41) is 0. The zero-order valence-corrected chi connectivity index (χ0v) is 9.88. The number of methoxy groups -OCH3 is 1. The molecule has 1 aromatic carbocycles. The molecular formula is C12H18F2N2O. The van der Waals surface area contributed by atoms with Gasteiger partial charge in [0.2, 0.25) is 0 Å². The minimum Gasteiger partial charge on any atom is -0.385 e. The van der Waals surface area contributed by atoms with E-state index in [9.17, 15) is 8.78 Å². The van der Waals surface area contributed by atoms with Crippen LogP contribution in [0.15, 0.2) is 18.2 Å². The highest BCUT2D eigenvalue weighted by Crippen LogP contribution is 2.15. The first kappa shape index (κ1) is 14.0. The maximum absolute atomic E-state index is 13.4. The summed E-state index contributed by atoms with van der Waals surface area (Å²) in [5.74, 6) is 4.31. The van der Waals surface area contributed by atoms with E-state index in [0.717, 1.165) is 6.42 Å². The maximum atomic E-state index is 13.4. The zero-order chi connectivity index (χ0) is 12.7. The molecule has 0 aliphatic heterocycles. The summed E-state index contributed by atoms with van der Waals surface area (Å²) < 4.78 is 31.7. The number of halogens is 2. The normalized spacial score (nSPS) is 12.7. The van der Waals surface area contributed by atoms with Gasteiger partial charge in [-0.05, 0) is 31.4 Å². The molecule has 0 aliphatic rings. The molecule has 0 aliphatic carbocycles. The van der Waals surface area contributed by atoms with Crippen LogP contribution >= 0.6 is 0 Å². The molecule has 3 nitrogen and oxygen atoms in total. The lowest BCUT2D eigenvalue weighted by Gasteiger charge is -2.16. The minimum absolute atomic E-state index is 0.0767. The lowest BCUT2D eigenvalue weighted by Crippen LogP contribution is -2.37. The Labute approximate surface area is 99.9 Å². The first-order chi connectivity index (χ1) is 8.19. The largest absolute Gasteiger partial charge is 0.385 e. The van der Waals surface area contributed by atoms with E-state index in [0.29, 0.717) is 13.0 Å². The molecule has 0 saturated carbocycles. The number of ether oxygens (including phenoxy) is 1. The van der Waals surface area contributed by atoms with Gasteiger partial charge >= 0.3 is 0 Å². The Hall–Kier alpha value is -1.04. The van der Waals surface area contributed by atoms with Gasteiger partial charge in [-0.3, -0.25) is 11.3 Å². The van der Waals surface area contributed by atoms with Crippen molar-refractivity contribution in [3.8, 4) is 0 Å². The van der Waals surface area contributed by atoms with E-state index in [4.69, 9.17) is 10.6 Å². The number of hydrazine groups is 1. The number of hydrogen-bond donors (Lipinski definition) is 2. The molecule has 17 heavy (non-hydrogen) atoms. The molecule has 96 valence electrons. The molecule has 0 bridgehead atoms. The molecule has 0 spiro atoms. The van der Waals surface area contributed by atoms with Gasteiger partial charge in [-0.25, -0.2) is 8.78 Å². The van der Waals surface area contributed by atoms with Crippen molar-refractivity contribution in [1.82, 2.24) is 5.43 Å². The predicted octanol–water partition coefficient (Wildman–Crippen LogP) is 1.77. The van der Waals surface area contributed by atoms with Crippen molar-refractivity contribution in [2.75, 3.05) is 13.7 Å². The number of rotatable bonds is 7. The van der Waals surface area contributed by atoms with Crippen LogP contribution in [0.5, 0.6) is 0 Å². The molecule has 0 radical (unpaired) electrons. The van der Waals surface area contributed by atoms with Crippen LogP contribution < -0.4 is 11.3 Å². The molecule has 0 saturated heterocycles. The van der Waals surface area contributed by atoms with Crippen LogP contribution in [-0.4, -0.2) is 19.8 Å². The first-order valence-electron chi connectivity index (χ1n) is 5.57. The SMILES string of the molecule is COCCCC(Cc1c(F)cccc1F)NN. The number of hydrogen-bond acceptors (Lipinski definition) is 3. The summed E-state index contributed by atoms with van der Waals surface area (Å²) in [4.78, 5) is 0. The quantitative estimate of drug-likeness (QED) is 0.436. The molecule has 0 amide bonds. The molecule has 1 rings (SSSR count). The Morgan fingerprint density at radius 1 is 1.35 bits per heavy atom. The smallest absolute Gasteiger partial charge is 0.129 e. The van der Waals surface area contributed by atoms with Crippen LogP contribution in [0, 0.1) is 11.6 Å². The van der Waals surface area contributed by atoms with Crippen LogP contribution in [0.3, 0.4) is 0 Å². The van der Waals surface area contributed by atoms with E-state index in [1.165, 1.54) is 18.2 Å². The highest BCUT2D eigenvalue weighted by atomic mass is 19.1. The number of nitrogens with two attached hydrogens (primary N) is 1. The van der Waals surface area contributed by atoms with Gasteiger partial charge < -0.3 is 4.74 Å². The summed E-state index contributed by atoms with van der Waals surface area (Å²) >= 11 is 0. The molecule has 3 N–H and O–H groups in total. The van der Waals surface area contributed by atoms with E-state index in [2.05, 4.69) is 5.43 Å². The van der Waals surface area contributed by atoms with E-state index in [1.807, 2.05) is 0 Å². The van der Waals surface area contributed by atoms with Crippen molar-refractivity contribution in [2.45, 2.75) is 25.3 Å². The van der Waals surface area contributed by atoms with Crippen molar-refractivity contribution in [1.29, 1.82) is 0 Å². The van der Waals surface area contributed by atoms with Crippen LogP contribution in [0.25, 0.3) is 0 Å². The van der Waals surface area contributed by atoms with Gasteiger partial charge in [-0.15, -0.1) is 0 Å². The summed E-state index contributed by atoms with van der Waals surface area (Å²) in [6, 6.07) is 3.70. The molecular weight excluding hydrogens is 226 g/mol. The van der Waals surface area contributed by atoms with Crippen LogP contribution in [0.1, 0.15) is 18.4 Å². The monoisotopic (exact) mass is 244 g/mol. The Balaban J connectivity index is 2.60. The van der Waals surface area contributed by atoms with E-state index >= 15 is 0 Å². The second-order valence-corrected chi connectivity index (χ2v) is 3.90. The van der Waals surface area contributed by atoms with Crippen molar-refractivity contribution in [2.24, 2.45) is 5.84 Å². The van der Waals surface area contributed by atoms with Crippen LogP contribution in [0.2, 0.25) is 0 Å². The number of benzene rings is 1. The Morgan fingerprint density at radius 2 is 2.00 bits per heavy atom. The summed E-state index contributed by atoms with van der Waals surface area (Å²) in [6.45, 7) is 0.609. The van der Waals surface area contributed by atoms with E-state index in [-0.39, 0.29) is 18.0 Å². The van der Waals surface area contributed by atoms with Gasteiger partial charge in [0.1, 0.15) is 11.6 Å². The first-order valence-corrected chi connectivity index (χ1v) is 5.57. The summed E-state index contributed by atoms with van der Waals surface area (Å²) in [7, 11) is 1.61. The fourth-order valence-corrected chi connectivity index (χ4v) is 1.69. The van der Waals surface area contributed by atoms with Gasteiger partial charge in [0.15, 0.2) is 0 Å². The molecule has 0 heterocycles. The van der Waals surface area contributed by atoms with Gasteiger partial charge in [0, 0.05) is 25.3 Å². The van der Waals surface area contributed by atoms with Gasteiger partial charge in [-0.2, -0.15) is 0 Å². The summed E-state index contributed by atoms with van der Waals surface area (Å²) in [6.07, 6.45) is 1.73. The highest BCUT2D eigenvalue weighted by Gasteiger charge is 2.14. The van der Waals surface area contributed by atoms with Crippen LogP contribution in [0.4, 0.5) is 8.78 Å². The molecule has 0 aromatic heterocycles. The lowest BCUT2D eigenvalue weighted by atomic mass is 10.0. The van der Waals surface area contributed by atoms with Crippen molar-refractivity contribution >= 4 is 0 Å². The summed E-state index contributed by atoms with van der Waals surface area (Å²) in [5.41, 5.74) is 2.65. The van der Waals surface area contributed by atoms with Crippen molar-refractivity contribution in [3.63, 3.8) is 0 Å². The Morgan fingerprint density at radius 3 is 2.53 bits per heavy atom. The van der Waals surface area contributed by atoms with Gasteiger partial charge in [-0.1, -0.05) is 6.07 Å². The third kappa shape index (κ3) is 4.38. The fraction of sp³-hybridized carbons (Fsp3) is 0.500. The third-order valence-electron chi connectivity index (χ3n) is 2.65. The molecule has 1 aromatic rings. The van der Waals surface area contributed by atoms with Gasteiger partial charge in [0.05, 0.1) is 0 Å². The second kappa shape index (κ2) is 7.32. The van der Waals surface area contributed by atoms with Crippen molar-refractivity contribution < 1.29 is 13.5 Å². The average Bonchev–Trinajstić information content (AvgIpc) is 2.32. The molecule has 5 heteroatoms. The molecule has 1 unspecified atom stereocenters. The van der Waals surface area contributed by atoms with E-state index < -0.39 is 11.6 Å². The third-order valence-corrected chi connectivity index (χ3v) is 2.65. The van der Waals surface area contributed by atoms with Crippen LogP contribution in [-0.2, 0) is 11.2 Å². The maximum Gasteiger partial charge on any atom is 0.129 e. The number of nitrogens with one attached hydrogen (secondary N) is 1. The average molecular weight is 244 g/mol. The highest BCUT2D eigenvalue weighted by molar-refractivity contribution is 5.20. The zero-order valence-electron chi connectivity index (χ0n) is 9.88. The van der Waals surface area contributed by atoms with E-state index in [1.54, 1.807) is 7.11 Å². The van der Waals surface area contributed by atoms with Crippen molar-refractivity contribution in [3.05, 3.63) is 35.4 Å². The molecule has 1 atom stereocenters. The Kier molecular flexibility index (Phi) is 6.04. The Bertz CT molecular complexity index is 327. The standard InChI is InChI=1S/C12H18F2N2O/c1-17-7-3-4-9(16-15)8-10-11(13)5-2-6-12(10)14/h2,5-6,9,16H,3-4,7-8,15H2,1H3. The predicted molar refractivity (Wildman–Crippen MR) is 62.3 cm³/mol. The second-order valence-electron chi connectivity index (χ2n) is 3.90. The lowest BCUT2D eigenvalue weighted by molar-refractivity contribution is 0.188. The van der Waals surface area contributed by atoms with Gasteiger partial charge in [0.25, 0.3) is 0 Å².